The first kappa shape index (κ1) is 22.4. The SMILES string of the molecule is CCOc1cc(CNc2cc(C)ccc2C)cc(Cl)c1OCc1ccc([N+](=O)[O-])cc1. The van der Waals surface area contributed by atoms with Crippen molar-refractivity contribution in [2.45, 2.75) is 33.9 Å². The van der Waals surface area contributed by atoms with Gasteiger partial charge in [0.05, 0.1) is 16.6 Å². The first-order valence-electron chi connectivity index (χ1n) is 10.00. The number of nitro groups is 1. The van der Waals surface area contributed by atoms with Crippen molar-refractivity contribution in [1.29, 1.82) is 0 Å². The Kier molecular flexibility index (Phi) is 7.36. The number of nitrogens with one attached hydrogen (secondary N) is 1. The zero-order chi connectivity index (χ0) is 22.4. The Labute approximate surface area is 186 Å². The summed E-state index contributed by atoms with van der Waals surface area (Å²) >= 11 is 6.52. The summed E-state index contributed by atoms with van der Waals surface area (Å²) in [6.07, 6.45) is 0. The molecule has 162 valence electrons. The van der Waals surface area contributed by atoms with E-state index in [1.807, 2.05) is 19.1 Å². The number of benzene rings is 3. The minimum Gasteiger partial charge on any atom is -0.490 e. The fourth-order valence-corrected chi connectivity index (χ4v) is 3.41. The third kappa shape index (κ3) is 5.89. The molecule has 0 atom stereocenters. The quantitative estimate of drug-likeness (QED) is 0.305. The smallest absolute Gasteiger partial charge is 0.269 e. The van der Waals surface area contributed by atoms with E-state index in [9.17, 15) is 10.1 Å². The molecule has 6 nitrogen and oxygen atoms in total. The molecule has 1 N–H and O–H groups in total. The molecule has 0 aliphatic heterocycles. The van der Waals surface area contributed by atoms with Crippen LogP contribution in [0.3, 0.4) is 0 Å². The number of hydrogen-bond donors (Lipinski definition) is 1. The van der Waals surface area contributed by atoms with E-state index in [1.54, 1.807) is 12.1 Å². The van der Waals surface area contributed by atoms with Gasteiger partial charge in [-0.2, -0.15) is 0 Å². The number of nitro benzene ring substituents is 1. The molecule has 0 heterocycles. The largest absolute Gasteiger partial charge is 0.490 e. The molecule has 7 heteroatoms. The Balaban J connectivity index is 1.74. The summed E-state index contributed by atoms with van der Waals surface area (Å²) < 4.78 is 11.7. The summed E-state index contributed by atoms with van der Waals surface area (Å²) in [5.74, 6) is 1.02. The first-order valence-corrected chi connectivity index (χ1v) is 10.4. The van der Waals surface area contributed by atoms with Gasteiger partial charge in [0, 0.05) is 24.4 Å². The highest BCUT2D eigenvalue weighted by Crippen LogP contribution is 2.37. The van der Waals surface area contributed by atoms with Crippen LogP contribution in [-0.2, 0) is 13.2 Å². The number of non-ortho nitro benzene ring substituents is 1. The topological polar surface area (TPSA) is 73.6 Å². The molecule has 0 saturated carbocycles. The fraction of sp³-hybridized carbons (Fsp3) is 0.250. The standard InChI is InChI=1S/C24H25ClN2O4/c1-4-30-23-13-19(14-26-22-11-16(2)5-6-17(22)3)12-21(25)24(23)31-15-18-7-9-20(10-8-18)27(28)29/h5-13,26H,4,14-15H2,1-3H3. The number of hydrogen-bond acceptors (Lipinski definition) is 5. The number of rotatable bonds is 9. The van der Waals surface area contributed by atoms with Gasteiger partial charge in [0.15, 0.2) is 11.5 Å². The molecule has 3 rings (SSSR count). The number of anilines is 1. The van der Waals surface area contributed by atoms with Crippen LogP contribution in [0.1, 0.15) is 29.2 Å². The summed E-state index contributed by atoms with van der Waals surface area (Å²) in [6, 6.07) is 16.3. The Bertz CT molecular complexity index is 1070. The Hall–Kier alpha value is -3.25. The van der Waals surface area contributed by atoms with Gasteiger partial charge < -0.3 is 14.8 Å². The molecule has 0 unspecified atom stereocenters. The molecule has 0 saturated heterocycles. The van der Waals surface area contributed by atoms with Gasteiger partial charge in [-0.05, 0) is 73.4 Å². The highest BCUT2D eigenvalue weighted by Gasteiger charge is 2.14. The van der Waals surface area contributed by atoms with Gasteiger partial charge in [-0.15, -0.1) is 0 Å². The van der Waals surface area contributed by atoms with Gasteiger partial charge >= 0.3 is 0 Å². The zero-order valence-corrected chi connectivity index (χ0v) is 18.5. The molecule has 3 aromatic rings. The van der Waals surface area contributed by atoms with E-state index >= 15 is 0 Å². The van der Waals surface area contributed by atoms with Crippen molar-refractivity contribution in [2.75, 3.05) is 11.9 Å². The number of halogens is 1. The van der Waals surface area contributed by atoms with E-state index < -0.39 is 4.92 Å². The lowest BCUT2D eigenvalue weighted by Gasteiger charge is -2.16. The van der Waals surface area contributed by atoms with Crippen LogP contribution in [0.4, 0.5) is 11.4 Å². The van der Waals surface area contributed by atoms with Crippen molar-refractivity contribution >= 4 is 23.0 Å². The number of nitrogens with zero attached hydrogens (tertiary/aromatic N) is 1. The number of ether oxygens (including phenoxy) is 2. The molecule has 0 fully saturated rings. The highest BCUT2D eigenvalue weighted by molar-refractivity contribution is 6.32. The molecule has 0 aliphatic carbocycles. The third-order valence-electron chi connectivity index (χ3n) is 4.78. The van der Waals surface area contributed by atoms with Crippen molar-refractivity contribution in [2.24, 2.45) is 0 Å². The average molecular weight is 441 g/mol. The van der Waals surface area contributed by atoms with Crippen molar-refractivity contribution in [3.63, 3.8) is 0 Å². The molecule has 3 aromatic carbocycles. The lowest BCUT2D eigenvalue weighted by Crippen LogP contribution is -2.05. The van der Waals surface area contributed by atoms with Gasteiger partial charge in [0.25, 0.3) is 5.69 Å². The monoisotopic (exact) mass is 440 g/mol. The zero-order valence-electron chi connectivity index (χ0n) is 17.8. The summed E-state index contributed by atoms with van der Waals surface area (Å²) in [5, 5.41) is 14.7. The third-order valence-corrected chi connectivity index (χ3v) is 5.06. The van der Waals surface area contributed by atoms with E-state index in [2.05, 4.69) is 37.4 Å². The molecule has 0 bridgehead atoms. The molecule has 0 spiro atoms. The van der Waals surface area contributed by atoms with E-state index in [-0.39, 0.29) is 12.3 Å². The minimum atomic E-state index is -0.431. The van der Waals surface area contributed by atoms with Crippen LogP contribution in [0.25, 0.3) is 0 Å². The Morgan fingerprint density at radius 2 is 1.74 bits per heavy atom. The summed E-state index contributed by atoms with van der Waals surface area (Å²) in [4.78, 5) is 10.4. The van der Waals surface area contributed by atoms with E-state index in [1.165, 1.54) is 23.3 Å². The summed E-state index contributed by atoms with van der Waals surface area (Å²) in [5.41, 5.74) is 5.24. The maximum Gasteiger partial charge on any atom is 0.269 e. The molecule has 0 aromatic heterocycles. The predicted octanol–water partition coefficient (Wildman–Crippen LogP) is 6.45. The molecule has 0 amide bonds. The lowest BCUT2D eigenvalue weighted by molar-refractivity contribution is -0.384. The maximum atomic E-state index is 10.8. The summed E-state index contributed by atoms with van der Waals surface area (Å²) in [6.45, 7) is 7.30. The Morgan fingerprint density at radius 3 is 2.42 bits per heavy atom. The normalized spacial score (nSPS) is 10.6. The second-order valence-electron chi connectivity index (χ2n) is 7.22. The van der Waals surface area contributed by atoms with Crippen molar-refractivity contribution in [3.05, 3.63) is 92.0 Å². The van der Waals surface area contributed by atoms with Crippen molar-refractivity contribution in [1.82, 2.24) is 0 Å². The maximum absolute atomic E-state index is 10.8. The molecule has 0 radical (unpaired) electrons. The molecular weight excluding hydrogens is 416 g/mol. The summed E-state index contributed by atoms with van der Waals surface area (Å²) in [7, 11) is 0. The highest BCUT2D eigenvalue weighted by atomic mass is 35.5. The van der Waals surface area contributed by atoms with Gasteiger partial charge in [-0.25, -0.2) is 0 Å². The van der Waals surface area contributed by atoms with Crippen LogP contribution in [0.2, 0.25) is 5.02 Å². The first-order chi connectivity index (χ1) is 14.9. The molecule has 0 aliphatic rings. The van der Waals surface area contributed by atoms with E-state index in [4.69, 9.17) is 21.1 Å². The van der Waals surface area contributed by atoms with Gasteiger partial charge in [-0.3, -0.25) is 10.1 Å². The van der Waals surface area contributed by atoms with Crippen LogP contribution in [0.5, 0.6) is 11.5 Å². The second kappa shape index (κ2) is 10.2. The average Bonchev–Trinajstić information content (AvgIpc) is 2.74. The van der Waals surface area contributed by atoms with E-state index in [0.717, 1.165) is 16.8 Å². The van der Waals surface area contributed by atoms with Gasteiger partial charge in [0.1, 0.15) is 6.61 Å². The Morgan fingerprint density at radius 1 is 1.00 bits per heavy atom. The molecule has 31 heavy (non-hydrogen) atoms. The van der Waals surface area contributed by atoms with Crippen molar-refractivity contribution < 1.29 is 14.4 Å². The predicted molar refractivity (Wildman–Crippen MR) is 123 cm³/mol. The van der Waals surface area contributed by atoms with Crippen LogP contribution in [0.15, 0.2) is 54.6 Å². The second-order valence-corrected chi connectivity index (χ2v) is 7.63. The van der Waals surface area contributed by atoms with Crippen LogP contribution in [-0.4, -0.2) is 11.5 Å². The van der Waals surface area contributed by atoms with Gasteiger partial charge in [-0.1, -0.05) is 23.7 Å². The fourth-order valence-electron chi connectivity index (χ4n) is 3.12. The lowest BCUT2D eigenvalue weighted by atomic mass is 10.1. The van der Waals surface area contributed by atoms with Crippen molar-refractivity contribution in [3.8, 4) is 11.5 Å². The molecular formula is C24H25ClN2O4. The van der Waals surface area contributed by atoms with Crippen LogP contribution in [0, 0.1) is 24.0 Å². The van der Waals surface area contributed by atoms with E-state index in [0.29, 0.717) is 29.7 Å². The number of aryl methyl sites for hydroxylation is 2. The van der Waals surface area contributed by atoms with Crippen LogP contribution < -0.4 is 14.8 Å². The van der Waals surface area contributed by atoms with Crippen LogP contribution >= 0.6 is 11.6 Å². The minimum absolute atomic E-state index is 0.0393. The van der Waals surface area contributed by atoms with Gasteiger partial charge in [0.2, 0.25) is 0 Å².